The van der Waals surface area contributed by atoms with E-state index in [0.29, 0.717) is 17.4 Å². The van der Waals surface area contributed by atoms with Gasteiger partial charge in [0.15, 0.2) is 0 Å². The van der Waals surface area contributed by atoms with Gasteiger partial charge in [-0.2, -0.15) is 0 Å². The molecule has 4 heteroatoms. The van der Waals surface area contributed by atoms with Gasteiger partial charge in [-0.3, -0.25) is 0 Å². The van der Waals surface area contributed by atoms with Crippen molar-refractivity contribution in [2.75, 3.05) is 21.3 Å². The van der Waals surface area contributed by atoms with E-state index in [4.69, 9.17) is 13.3 Å². The Labute approximate surface area is 105 Å². The van der Waals surface area contributed by atoms with Gasteiger partial charge in [-0.05, 0) is 26.2 Å². The Balaban J connectivity index is 2.32. The van der Waals surface area contributed by atoms with Crippen molar-refractivity contribution in [2.45, 2.75) is 25.8 Å². The lowest BCUT2D eigenvalue weighted by atomic mass is 10.00. The van der Waals surface area contributed by atoms with E-state index >= 15 is 0 Å². The van der Waals surface area contributed by atoms with Crippen LogP contribution in [0.2, 0.25) is 5.54 Å². The van der Waals surface area contributed by atoms with Crippen LogP contribution in [0.4, 0.5) is 0 Å². The van der Waals surface area contributed by atoms with Crippen LogP contribution in [-0.2, 0) is 13.3 Å². The Morgan fingerprint density at radius 2 is 1.71 bits per heavy atom. The van der Waals surface area contributed by atoms with E-state index in [2.05, 4.69) is 26.0 Å². The molecule has 0 aromatic carbocycles. The molecule has 2 aliphatic rings. The van der Waals surface area contributed by atoms with Gasteiger partial charge in [-0.15, -0.1) is 0 Å². The molecule has 0 spiro atoms. The van der Waals surface area contributed by atoms with Crippen LogP contribution in [0.5, 0.6) is 0 Å². The summed E-state index contributed by atoms with van der Waals surface area (Å²) in [4.78, 5) is 0. The van der Waals surface area contributed by atoms with Gasteiger partial charge in [0.2, 0.25) is 0 Å². The van der Waals surface area contributed by atoms with E-state index in [1.807, 2.05) is 0 Å². The molecule has 1 saturated carbocycles. The second-order valence-electron chi connectivity index (χ2n) is 5.03. The highest BCUT2D eigenvalue weighted by Crippen LogP contribution is 2.56. The third-order valence-corrected chi connectivity index (χ3v) is 7.35. The van der Waals surface area contributed by atoms with Crippen molar-refractivity contribution in [1.82, 2.24) is 0 Å². The molecule has 0 amide bonds. The van der Waals surface area contributed by atoms with E-state index in [9.17, 15) is 0 Å². The van der Waals surface area contributed by atoms with E-state index in [1.165, 1.54) is 5.57 Å². The number of rotatable bonds is 4. The van der Waals surface area contributed by atoms with Crippen molar-refractivity contribution in [2.24, 2.45) is 11.8 Å². The lowest BCUT2D eigenvalue weighted by Gasteiger charge is -2.33. The third-order valence-electron chi connectivity index (χ3n) is 4.14. The smallest absolute Gasteiger partial charge is 0.377 e. The van der Waals surface area contributed by atoms with Crippen molar-refractivity contribution in [3.05, 3.63) is 23.3 Å². The maximum atomic E-state index is 5.64. The lowest BCUT2D eigenvalue weighted by Crippen LogP contribution is -2.49. The molecule has 3 atom stereocenters. The van der Waals surface area contributed by atoms with Gasteiger partial charge >= 0.3 is 8.80 Å². The van der Waals surface area contributed by atoms with Crippen molar-refractivity contribution in [1.29, 1.82) is 0 Å². The monoisotopic (exact) mass is 254 g/mol. The molecule has 0 radical (unpaired) electrons. The van der Waals surface area contributed by atoms with Gasteiger partial charge in [0.05, 0.1) is 0 Å². The summed E-state index contributed by atoms with van der Waals surface area (Å²) in [5.41, 5.74) is 3.36. The average Bonchev–Trinajstić information content (AvgIpc) is 2.90. The fourth-order valence-electron chi connectivity index (χ4n) is 3.46. The van der Waals surface area contributed by atoms with Crippen molar-refractivity contribution in [3.8, 4) is 0 Å². The summed E-state index contributed by atoms with van der Waals surface area (Å²) < 4.78 is 16.9. The Bertz CT molecular complexity index is 345. The molecule has 3 unspecified atom stereocenters. The van der Waals surface area contributed by atoms with Crippen LogP contribution in [0.3, 0.4) is 0 Å². The topological polar surface area (TPSA) is 27.7 Å². The summed E-state index contributed by atoms with van der Waals surface area (Å²) in [5, 5.41) is 0. The molecule has 96 valence electrons. The second-order valence-corrected chi connectivity index (χ2v) is 8.20. The first-order chi connectivity index (χ1) is 8.09. The number of hydrogen-bond acceptors (Lipinski definition) is 3. The summed E-state index contributed by atoms with van der Waals surface area (Å²) >= 11 is 0. The zero-order valence-electron chi connectivity index (χ0n) is 11.3. The van der Waals surface area contributed by atoms with Crippen LogP contribution >= 0.6 is 0 Å². The molecule has 0 saturated heterocycles. The van der Waals surface area contributed by atoms with Gasteiger partial charge in [0, 0.05) is 32.8 Å². The van der Waals surface area contributed by atoms with Crippen LogP contribution in [0.15, 0.2) is 23.3 Å². The fraction of sp³-hybridized carbons (Fsp3) is 0.692. The first-order valence-corrected chi connectivity index (χ1v) is 7.91. The predicted molar refractivity (Wildman–Crippen MR) is 69.6 cm³/mol. The van der Waals surface area contributed by atoms with Crippen LogP contribution in [0.25, 0.3) is 0 Å². The number of fused-ring (bicyclic) bond motifs is 2. The highest BCUT2D eigenvalue weighted by atomic mass is 28.4. The minimum Gasteiger partial charge on any atom is -0.377 e. The summed E-state index contributed by atoms with van der Waals surface area (Å²) in [7, 11) is 2.61. The predicted octanol–water partition coefficient (Wildman–Crippen LogP) is 2.78. The molecular formula is C13H22O3Si. The minimum absolute atomic E-state index is 0.377. The molecule has 1 fully saturated rings. The molecule has 0 aromatic rings. The molecule has 3 nitrogen and oxygen atoms in total. The minimum atomic E-state index is -2.51. The maximum absolute atomic E-state index is 5.64. The molecular weight excluding hydrogens is 232 g/mol. The van der Waals surface area contributed by atoms with E-state index in [-0.39, 0.29) is 0 Å². The van der Waals surface area contributed by atoms with Crippen molar-refractivity contribution >= 4 is 8.80 Å². The summed E-state index contributed by atoms with van der Waals surface area (Å²) in [6.07, 6.45) is 5.73. The van der Waals surface area contributed by atoms with Crippen LogP contribution < -0.4 is 0 Å². The summed E-state index contributed by atoms with van der Waals surface area (Å²) in [6, 6.07) is 0. The standard InChI is InChI=1S/C13H22O3Si/c1-9(2)13-10-6-7-11(13)12(8-10)17(14-3,15-4)16-5/h6-7,10-12H,8H2,1-5H3. The maximum Gasteiger partial charge on any atom is 0.504 e. The molecule has 2 aliphatic carbocycles. The molecule has 0 aliphatic heterocycles. The Morgan fingerprint density at radius 1 is 1.12 bits per heavy atom. The highest BCUT2D eigenvalue weighted by molar-refractivity contribution is 6.62. The first kappa shape index (κ1) is 13.0. The third kappa shape index (κ3) is 1.83. The van der Waals surface area contributed by atoms with E-state index in [1.54, 1.807) is 26.9 Å². The van der Waals surface area contributed by atoms with Crippen LogP contribution in [-0.4, -0.2) is 30.1 Å². The van der Waals surface area contributed by atoms with Gasteiger partial charge < -0.3 is 13.3 Å². The quantitative estimate of drug-likeness (QED) is 0.570. The van der Waals surface area contributed by atoms with Gasteiger partial charge in [0.25, 0.3) is 0 Å². The summed E-state index contributed by atoms with van der Waals surface area (Å²) in [5.74, 6) is 1.03. The fourth-order valence-corrected chi connectivity index (χ4v) is 6.14. The zero-order chi connectivity index (χ0) is 12.6. The van der Waals surface area contributed by atoms with E-state index in [0.717, 1.165) is 6.42 Å². The van der Waals surface area contributed by atoms with Gasteiger partial charge in [0.1, 0.15) is 0 Å². The van der Waals surface area contributed by atoms with Crippen molar-refractivity contribution < 1.29 is 13.3 Å². The Morgan fingerprint density at radius 3 is 2.12 bits per heavy atom. The van der Waals surface area contributed by atoms with Crippen molar-refractivity contribution in [3.63, 3.8) is 0 Å². The number of hydrogen-bond donors (Lipinski definition) is 0. The van der Waals surface area contributed by atoms with Crippen LogP contribution in [0.1, 0.15) is 20.3 Å². The molecule has 2 rings (SSSR count). The normalized spacial score (nSPS) is 31.4. The van der Waals surface area contributed by atoms with Gasteiger partial charge in [-0.25, -0.2) is 0 Å². The highest BCUT2D eigenvalue weighted by Gasteiger charge is 2.57. The average molecular weight is 254 g/mol. The Kier molecular flexibility index (Phi) is 3.59. The summed E-state index contributed by atoms with van der Waals surface area (Å²) in [6.45, 7) is 4.39. The Hall–Kier alpha value is -0.423. The largest absolute Gasteiger partial charge is 0.504 e. The molecule has 17 heavy (non-hydrogen) atoms. The lowest BCUT2D eigenvalue weighted by molar-refractivity contribution is 0.107. The van der Waals surface area contributed by atoms with E-state index < -0.39 is 8.80 Å². The van der Waals surface area contributed by atoms with Crippen LogP contribution in [0, 0.1) is 11.8 Å². The number of allylic oxidation sites excluding steroid dienone is 4. The molecule has 2 bridgehead atoms. The zero-order valence-corrected chi connectivity index (χ0v) is 12.3. The first-order valence-electron chi connectivity index (χ1n) is 6.10. The molecule has 0 aromatic heterocycles. The molecule has 0 heterocycles. The SMILES string of the molecule is CO[Si](OC)(OC)C1CC2C=CC1C2=C(C)C. The second kappa shape index (κ2) is 4.69. The molecule has 0 N–H and O–H groups in total. The van der Waals surface area contributed by atoms with Gasteiger partial charge in [-0.1, -0.05) is 23.3 Å².